The molecule has 0 unspecified atom stereocenters. The molecule has 0 heterocycles. The highest BCUT2D eigenvalue weighted by atomic mass is 79.9. The molecule has 0 aliphatic rings. The van der Waals surface area contributed by atoms with Crippen molar-refractivity contribution in [1.29, 1.82) is 0 Å². The summed E-state index contributed by atoms with van der Waals surface area (Å²) in [6.07, 6.45) is 1.07. The van der Waals surface area contributed by atoms with Gasteiger partial charge in [-0.05, 0) is 37.0 Å². The molecule has 1 aromatic rings. The maximum atomic E-state index is 5.92. The van der Waals surface area contributed by atoms with Gasteiger partial charge in [0.15, 0.2) is 0 Å². The Bertz CT molecular complexity index is 350. The predicted molar refractivity (Wildman–Crippen MR) is 73.4 cm³/mol. The largest absolute Gasteiger partial charge is 0.493 e. The van der Waals surface area contributed by atoms with Crippen molar-refractivity contribution in [3.05, 3.63) is 27.7 Å². The van der Waals surface area contributed by atoms with Crippen LogP contribution in [0.4, 0.5) is 0 Å². The van der Waals surface area contributed by atoms with E-state index in [9.17, 15) is 0 Å². The molecule has 90 valence electrons. The molecule has 1 aromatic carbocycles. The van der Waals surface area contributed by atoms with Crippen molar-refractivity contribution in [3.63, 3.8) is 0 Å². The fraction of sp³-hybridized carbons (Fsp3) is 0.538. The van der Waals surface area contributed by atoms with Crippen LogP contribution in [0.2, 0.25) is 0 Å². The van der Waals surface area contributed by atoms with Crippen LogP contribution in [0.3, 0.4) is 0 Å². The first-order valence-electron chi connectivity index (χ1n) is 5.52. The first kappa shape index (κ1) is 13.9. The van der Waals surface area contributed by atoms with Gasteiger partial charge in [0.1, 0.15) is 5.75 Å². The second-order valence-corrected chi connectivity index (χ2v) is 5.56. The minimum atomic E-state index is 0.483. The van der Waals surface area contributed by atoms with Crippen LogP contribution < -0.4 is 4.74 Å². The van der Waals surface area contributed by atoms with Gasteiger partial charge in [0, 0.05) is 10.0 Å². The molecule has 0 aliphatic heterocycles. The van der Waals surface area contributed by atoms with Gasteiger partial charge in [-0.2, -0.15) is 0 Å². The van der Waals surface area contributed by atoms with Crippen molar-refractivity contribution in [2.75, 3.05) is 6.61 Å². The van der Waals surface area contributed by atoms with Crippen molar-refractivity contribution >= 4 is 27.5 Å². The lowest BCUT2D eigenvalue weighted by atomic mass is 10.1. The molecule has 0 N–H and O–H groups in total. The number of hydrogen-bond donors (Lipinski definition) is 0. The normalized spacial score (nSPS) is 10.9. The van der Waals surface area contributed by atoms with Crippen molar-refractivity contribution < 1.29 is 4.74 Å². The minimum Gasteiger partial charge on any atom is -0.493 e. The van der Waals surface area contributed by atoms with Crippen LogP contribution in [0.1, 0.15) is 31.4 Å². The molecule has 0 atom stereocenters. The zero-order valence-corrected chi connectivity index (χ0v) is 12.4. The summed E-state index contributed by atoms with van der Waals surface area (Å²) in [5, 5.41) is 0. The Labute approximate surface area is 111 Å². The number of alkyl halides is 1. The molecule has 1 nitrogen and oxygen atoms in total. The van der Waals surface area contributed by atoms with Gasteiger partial charge in [0.25, 0.3) is 0 Å². The van der Waals surface area contributed by atoms with Crippen molar-refractivity contribution in [2.45, 2.75) is 33.1 Å². The van der Waals surface area contributed by atoms with Gasteiger partial charge in [0.05, 0.1) is 12.5 Å². The standard InChI is InChI=1S/C13H18BrClO/c1-9(2)4-5-16-13-10(3)6-12(14)7-11(13)8-15/h6-7,9H,4-5,8H2,1-3H3. The highest BCUT2D eigenvalue weighted by Crippen LogP contribution is 2.29. The first-order chi connectivity index (χ1) is 7.54. The summed E-state index contributed by atoms with van der Waals surface area (Å²) in [5.74, 6) is 2.09. The Morgan fingerprint density at radius 3 is 2.62 bits per heavy atom. The van der Waals surface area contributed by atoms with Gasteiger partial charge in [-0.1, -0.05) is 29.8 Å². The molecule has 0 aliphatic carbocycles. The monoisotopic (exact) mass is 304 g/mol. The smallest absolute Gasteiger partial charge is 0.126 e. The number of rotatable bonds is 5. The Kier molecular flexibility index (Phi) is 5.63. The summed E-state index contributed by atoms with van der Waals surface area (Å²) in [6, 6.07) is 4.07. The predicted octanol–water partition coefficient (Wildman–Crippen LogP) is 4.92. The van der Waals surface area contributed by atoms with E-state index in [0.29, 0.717) is 11.8 Å². The molecule has 1 rings (SSSR count). The Balaban J connectivity index is 2.77. The van der Waals surface area contributed by atoms with E-state index in [2.05, 4.69) is 35.8 Å². The molecule has 0 saturated carbocycles. The van der Waals surface area contributed by atoms with E-state index in [4.69, 9.17) is 16.3 Å². The van der Waals surface area contributed by atoms with Gasteiger partial charge in [0.2, 0.25) is 0 Å². The summed E-state index contributed by atoms with van der Waals surface area (Å²) in [7, 11) is 0. The van der Waals surface area contributed by atoms with Crippen LogP contribution in [0.15, 0.2) is 16.6 Å². The second kappa shape index (κ2) is 6.51. The van der Waals surface area contributed by atoms with Crippen LogP contribution >= 0.6 is 27.5 Å². The zero-order chi connectivity index (χ0) is 12.1. The molecular formula is C13H18BrClO. The maximum Gasteiger partial charge on any atom is 0.126 e. The molecule has 16 heavy (non-hydrogen) atoms. The summed E-state index contributed by atoms with van der Waals surface area (Å²) in [6.45, 7) is 7.19. The first-order valence-corrected chi connectivity index (χ1v) is 6.85. The van der Waals surface area contributed by atoms with Crippen LogP contribution in [-0.4, -0.2) is 6.61 Å². The van der Waals surface area contributed by atoms with Gasteiger partial charge in [-0.15, -0.1) is 11.6 Å². The Morgan fingerprint density at radius 2 is 2.06 bits per heavy atom. The zero-order valence-electron chi connectivity index (χ0n) is 10.0. The highest BCUT2D eigenvalue weighted by Gasteiger charge is 2.08. The Morgan fingerprint density at radius 1 is 1.38 bits per heavy atom. The minimum absolute atomic E-state index is 0.483. The molecular weight excluding hydrogens is 287 g/mol. The fourth-order valence-corrected chi connectivity index (χ4v) is 2.32. The summed E-state index contributed by atoms with van der Waals surface area (Å²) < 4.78 is 6.87. The summed E-state index contributed by atoms with van der Waals surface area (Å²) in [4.78, 5) is 0. The molecule has 3 heteroatoms. The molecule has 0 bridgehead atoms. The van der Waals surface area contributed by atoms with Crippen molar-refractivity contribution in [3.8, 4) is 5.75 Å². The van der Waals surface area contributed by atoms with Gasteiger partial charge < -0.3 is 4.74 Å². The average Bonchev–Trinajstić information content (AvgIpc) is 2.20. The second-order valence-electron chi connectivity index (χ2n) is 4.38. The Hall–Kier alpha value is -0.210. The van der Waals surface area contributed by atoms with Crippen LogP contribution in [0.25, 0.3) is 0 Å². The van der Waals surface area contributed by atoms with Crippen LogP contribution in [-0.2, 0) is 5.88 Å². The van der Waals surface area contributed by atoms with E-state index in [1.165, 1.54) is 0 Å². The van der Waals surface area contributed by atoms with Crippen molar-refractivity contribution in [1.82, 2.24) is 0 Å². The van der Waals surface area contributed by atoms with E-state index < -0.39 is 0 Å². The van der Waals surface area contributed by atoms with E-state index >= 15 is 0 Å². The number of aryl methyl sites for hydroxylation is 1. The number of halogens is 2. The van der Waals surface area contributed by atoms with Crippen LogP contribution in [0, 0.1) is 12.8 Å². The third kappa shape index (κ3) is 3.99. The lowest BCUT2D eigenvalue weighted by molar-refractivity contribution is 0.286. The number of ether oxygens (including phenoxy) is 1. The maximum absolute atomic E-state index is 5.92. The van der Waals surface area contributed by atoms with Gasteiger partial charge >= 0.3 is 0 Å². The molecule has 0 fully saturated rings. The average molecular weight is 306 g/mol. The lowest BCUT2D eigenvalue weighted by Gasteiger charge is -2.14. The highest BCUT2D eigenvalue weighted by molar-refractivity contribution is 9.10. The van der Waals surface area contributed by atoms with E-state index in [1.807, 2.05) is 13.0 Å². The fourth-order valence-electron chi connectivity index (χ4n) is 1.50. The van der Waals surface area contributed by atoms with E-state index in [1.54, 1.807) is 0 Å². The van der Waals surface area contributed by atoms with Crippen molar-refractivity contribution in [2.24, 2.45) is 5.92 Å². The summed E-state index contributed by atoms with van der Waals surface area (Å²) in [5.41, 5.74) is 2.19. The number of benzene rings is 1. The van der Waals surface area contributed by atoms with Gasteiger partial charge in [-0.25, -0.2) is 0 Å². The molecule has 0 saturated heterocycles. The quantitative estimate of drug-likeness (QED) is 0.702. The molecule has 0 amide bonds. The SMILES string of the molecule is Cc1cc(Br)cc(CCl)c1OCCC(C)C. The molecule has 0 radical (unpaired) electrons. The van der Waals surface area contributed by atoms with E-state index in [0.717, 1.165) is 34.4 Å². The lowest BCUT2D eigenvalue weighted by Crippen LogP contribution is -2.04. The summed E-state index contributed by atoms with van der Waals surface area (Å²) >= 11 is 9.38. The molecule has 0 aromatic heterocycles. The third-order valence-corrected chi connectivity index (χ3v) is 3.15. The van der Waals surface area contributed by atoms with Crippen LogP contribution in [0.5, 0.6) is 5.75 Å². The number of hydrogen-bond acceptors (Lipinski definition) is 1. The van der Waals surface area contributed by atoms with Gasteiger partial charge in [-0.3, -0.25) is 0 Å². The third-order valence-electron chi connectivity index (χ3n) is 2.40. The topological polar surface area (TPSA) is 9.23 Å². The molecule has 0 spiro atoms. The van der Waals surface area contributed by atoms with E-state index in [-0.39, 0.29) is 0 Å².